The lowest BCUT2D eigenvalue weighted by atomic mass is 9.81. The van der Waals surface area contributed by atoms with Crippen LogP contribution in [0, 0.1) is 5.41 Å². The van der Waals surface area contributed by atoms with Gasteiger partial charge in [-0.25, -0.2) is 8.42 Å². The monoisotopic (exact) mass is 447 g/mol. The molecular formula is C22H29N3O5S. The molecule has 1 atom stereocenters. The summed E-state index contributed by atoms with van der Waals surface area (Å²) in [5.74, 6) is 0.713. The summed E-state index contributed by atoms with van der Waals surface area (Å²) in [4.78, 5) is 12.6. The predicted molar refractivity (Wildman–Crippen MR) is 114 cm³/mol. The highest BCUT2D eigenvalue weighted by Gasteiger charge is 2.48. The molecule has 1 aromatic heterocycles. The first-order valence-corrected chi connectivity index (χ1v) is 12.2. The van der Waals surface area contributed by atoms with E-state index >= 15 is 0 Å². The van der Waals surface area contributed by atoms with Crippen molar-refractivity contribution in [2.75, 3.05) is 20.2 Å². The molecule has 1 saturated carbocycles. The third-order valence-corrected chi connectivity index (χ3v) is 8.53. The van der Waals surface area contributed by atoms with Gasteiger partial charge in [-0.3, -0.25) is 4.79 Å². The Balaban J connectivity index is 1.55. The van der Waals surface area contributed by atoms with E-state index in [0.717, 1.165) is 18.5 Å². The number of ether oxygens (including phenoxy) is 1. The van der Waals surface area contributed by atoms with Gasteiger partial charge in [-0.1, -0.05) is 36.6 Å². The molecule has 1 aromatic carbocycles. The third-order valence-electron chi connectivity index (χ3n) is 6.64. The van der Waals surface area contributed by atoms with Gasteiger partial charge in [0.1, 0.15) is 16.4 Å². The second-order valence-corrected chi connectivity index (χ2v) is 10.5. The molecule has 2 fully saturated rings. The number of nitrogens with two attached hydrogens (primary N) is 1. The molecule has 2 aromatic rings. The predicted octanol–water partition coefficient (Wildman–Crippen LogP) is 2.84. The quantitative estimate of drug-likeness (QED) is 0.698. The molecule has 1 amide bonds. The van der Waals surface area contributed by atoms with Crippen molar-refractivity contribution in [1.82, 2.24) is 9.46 Å². The molecule has 8 nitrogen and oxygen atoms in total. The summed E-state index contributed by atoms with van der Waals surface area (Å²) in [5, 5.41) is 4.23. The highest BCUT2D eigenvalue weighted by molar-refractivity contribution is 7.89. The largest absolute Gasteiger partial charge is 0.495 e. The number of carbonyl (C=O) groups is 1. The number of rotatable bonds is 7. The van der Waals surface area contributed by atoms with E-state index in [1.54, 1.807) is 18.2 Å². The Labute approximate surface area is 182 Å². The number of primary amides is 1. The van der Waals surface area contributed by atoms with E-state index in [2.05, 4.69) is 5.16 Å². The van der Waals surface area contributed by atoms with Crippen molar-refractivity contribution in [2.24, 2.45) is 11.1 Å². The molecule has 0 spiro atoms. The Morgan fingerprint density at radius 3 is 2.74 bits per heavy atom. The topological polar surface area (TPSA) is 116 Å². The Morgan fingerprint density at radius 1 is 1.29 bits per heavy atom. The van der Waals surface area contributed by atoms with Gasteiger partial charge in [0.15, 0.2) is 0 Å². The van der Waals surface area contributed by atoms with E-state index < -0.39 is 21.3 Å². The Bertz CT molecular complexity index is 1040. The van der Waals surface area contributed by atoms with Crippen LogP contribution in [0.2, 0.25) is 0 Å². The Kier molecular flexibility index (Phi) is 6.07. The van der Waals surface area contributed by atoms with Crippen molar-refractivity contribution < 1.29 is 22.5 Å². The minimum absolute atomic E-state index is 0.00216. The van der Waals surface area contributed by atoms with Crippen molar-refractivity contribution in [2.45, 2.75) is 55.8 Å². The lowest BCUT2D eigenvalue weighted by Gasteiger charge is -2.25. The SMILES string of the molecule is COc1ccccc1S(=O)(=O)N1CCC(Cc2cc(C3CCCCC3)no2)(C(N)=O)C1. The summed E-state index contributed by atoms with van der Waals surface area (Å²) in [7, 11) is -2.41. The number of carbonyl (C=O) groups excluding carboxylic acids is 1. The smallest absolute Gasteiger partial charge is 0.246 e. The fraction of sp³-hybridized carbons (Fsp3) is 0.545. The lowest BCUT2D eigenvalue weighted by molar-refractivity contribution is -0.127. The first kappa shape index (κ1) is 21.8. The van der Waals surface area contributed by atoms with E-state index in [0.29, 0.717) is 18.1 Å². The van der Waals surface area contributed by atoms with Crippen LogP contribution in [0.15, 0.2) is 39.8 Å². The fourth-order valence-electron chi connectivity index (χ4n) is 4.78. The highest BCUT2D eigenvalue weighted by atomic mass is 32.2. The van der Waals surface area contributed by atoms with Crippen LogP contribution in [0.4, 0.5) is 0 Å². The van der Waals surface area contributed by atoms with Gasteiger partial charge < -0.3 is 15.0 Å². The number of para-hydroxylation sites is 1. The maximum atomic E-state index is 13.2. The van der Waals surface area contributed by atoms with E-state index in [9.17, 15) is 13.2 Å². The zero-order valence-electron chi connectivity index (χ0n) is 17.7. The maximum Gasteiger partial charge on any atom is 0.246 e. The molecule has 168 valence electrons. The molecule has 1 aliphatic heterocycles. The average Bonchev–Trinajstić information content (AvgIpc) is 3.43. The molecule has 2 aliphatic rings. The van der Waals surface area contributed by atoms with Crippen molar-refractivity contribution in [1.29, 1.82) is 0 Å². The number of methoxy groups -OCH3 is 1. The number of aromatic nitrogens is 1. The number of hydrogen-bond donors (Lipinski definition) is 1. The molecule has 9 heteroatoms. The van der Waals surface area contributed by atoms with Crippen molar-refractivity contribution >= 4 is 15.9 Å². The fourth-order valence-corrected chi connectivity index (χ4v) is 6.46. The normalized spacial score (nSPS) is 23.1. The zero-order valence-corrected chi connectivity index (χ0v) is 18.6. The molecule has 4 rings (SSSR count). The summed E-state index contributed by atoms with van der Waals surface area (Å²) >= 11 is 0. The van der Waals surface area contributed by atoms with Crippen LogP contribution in [0.5, 0.6) is 5.75 Å². The lowest BCUT2D eigenvalue weighted by Crippen LogP contribution is -2.42. The summed E-state index contributed by atoms with van der Waals surface area (Å²) in [6.45, 7) is 0.203. The van der Waals surface area contributed by atoms with Crippen LogP contribution in [0.1, 0.15) is 55.9 Å². The number of sulfonamides is 1. The van der Waals surface area contributed by atoms with E-state index in [4.69, 9.17) is 15.0 Å². The second-order valence-electron chi connectivity index (χ2n) is 8.61. The molecule has 31 heavy (non-hydrogen) atoms. The molecule has 2 N–H and O–H groups in total. The van der Waals surface area contributed by atoms with Gasteiger partial charge in [0, 0.05) is 31.5 Å². The van der Waals surface area contributed by atoms with Crippen molar-refractivity contribution in [3.63, 3.8) is 0 Å². The second kappa shape index (κ2) is 8.63. The number of benzene rings is 1. The minimum atomic E-state index is -3.84. The van der Waals surface area contributed by atoms with Crippen LogP contribution in [-0.2, 0) is 21.2 Å². The molecule has 0 bridgehead atoms. The highest BCUT2D eigenvalue weighted by Crippen LogP contribution is 2.39. The van der Waals surface area contributed by atoms with Crippen molar-refractivity contribution in [3.05, 3.63) is 41.8 Å². The number of nitrogens with zero attached hydrogens (tertiary/aromatic N) is 2. The summed E-state index contributed by atoms with van der Waals surface area (Å²) in [6.07, 6.45) is 6.39. The first-order valence-electron chi connectivity index (χ1n) is 10.7. The van der Waals surface area contributed by atoms with Gasteiger partial charge in [-0.15, -0.1) is 0 Å². The molecular weight excluding hydrogens is 418 g/mol. The van der Waals surface area contributed by atoms with Gasteiger partial charge in [-0.05, 0) is 31.4 Å². The van der Waals surface area contributed by atoms with Crippen LogP contribution < -0.4 is 10.5 Å². The molecule has 0 radical (unpaired) electrons. The van der Waals surface area contributed by atoms with Gasteiger partial charge in [0.05, 0.1) is 18.2 Å². The summed E-state index contributed by atoms with van der Waals surface area (Å²) in [5.41, 5.74) is 5.68. The molecule has 1 unspecified atom stereocenters. The van der Waals surface area contributed by atoms with Gasteiger partial charge in [-0.2, -0.15) is 4.31 Å². The number of amides is 1. The summed E-state index contributed by atoms with van der Waals surface area (Å²) in [6, 6.07) is 8.38. The van der Waals surface area contributed by atoms with Crippen LogP contribution >= 0.6 is 0 Å². The third kappa shape index (κ3) is 4.21. The summed E-state index contributed by atoms with van der Waals surface area (Å²) < 4.78 is 38.6. The average molecular weight is 448 g/mol. The van der Waals surface area contributed by atoms with E-state index in [1.165, 1.54) is 36.7 Å². The Morgan fingerprint density at radius 2 is 2.03 bits per heavy atom. The standard InChI is InChI=1S/C22H29N3O5S/c1-29-19-9-5-6-10-20(19)31(27,28)25-12-11-22(15-25,21(23)26)14-17-13-18(24-30-17)16-7-3-2-4-8-16/h5-6,9-10,13,16H,2-4,7-8,11-12,14-15H2,1H3,(H2,23,26). The molecule has 2 heterocycles. The minimum Gasteiger partial charge on any atom is -0.495 e. The van der Waals surface area contributed by atoms with E-state index in [1.807, 2.05) is 6.07 Å². The van der Waals surface area contributed by atoms with E-state index in [-0.39, 0.29) is 30.2 Å². The van der Waals surface area contributed by atoms with Gasteiger partial charge in [0.25, 0.3) is 0 Å². The first-order chi connectivity index (χ1) is 14.9. The van der Waals surface area contributed by atoms with Gasteiger partial charge in [0.2, 0.25) is 15.9 Å². The van der Waals surface area contributed by atoms with Crippen LogP contribution in [0.3, 0.4) is 0 Å². The molecule has 1 aliphatic carbocycles. The zero-order chi connectivity index (χ0) is 22.1. The number of hydrogen-bond acceptors (Lipinski definition) is 6. The van der Waals surface area contributed by atoms with Crippen molar-refractivity contribution in [3.8, 4) is 5.75 Å². The van der Waals surface area contributed by atoms with Crippen LogP contribution in [-0.4, -0.2) is 44.0 Å². The molecule has 1 saturated heterocycles. The Hall–Kier alpha value is -2.39. The van der Waals surface area contributed by atoms with Gasteiger partial charge >= 0.3 is 0 Å². The van der Waals surface area contributed by atoms with Crippen LogP contribution in [0.25, 0.3) is 0 Å². The maximum absolute atomic E-state index is 13.2.